The molecule has 1 aliphatic heterocycles. The van der Waals surface area contributed by atoms with E-state index in [9.17, 15) is 4.79 Å². The van der Waals surface area contributed by atoms with Crippen LogP contribution in [0.25, 0.3) is 5.57 Å². The van der Waals surface area contributed by atoms with Crippen LogP contribution in [0, 0.1) is 13.8 Å². The van der Waals surface area contributed by atoms with Gasteiger partial charge in [-0.3, -0.25) is 4.79 Å². The molecule has 2 aromatic carbocycles. The van der Waals surface area contributed by atoms with Crippen LogP contribution >= 0.6 is 11.8 Å². The molecule has 1 aliphatic rings. The predicted octanol–water partition coefficient (Wildman–Crippen LogP) is 4.60. The molecule has 1 N–H and O–H groups in total. The highest BCUT2D eigenvalue weighted by atomic mass is 32.2. The molecule has 1 fully saturated rings. The zero-order valence-corrected chi connectivity index (χ0v) is 16.9. The lowest BCUT2D eigenvalue weighted by Crippen LogP contribution is -2.19. The average molecular weight is 382 g/mol. The summed E-state index contributed by atoms with van der Waals surface area (Å²) < 4.78 is 10.6. The fourth-order valence-electron chi connectivity index (χ4n) is 2.71. The third kappa shape index (κ3) is 4.01. The monoisotopic (exact) mass is 382 g/mol. The van der Waals surface area contributed by atoms with Crippen LogP contribution in [0.1, 0.15) is 23.6 Å². The Morgan fingerprint density at radius 3 is 2.48 bits per heavy atom. The van der Waals surface area contributed by atoms with Crippen LogP contribution < -0.4 is 14.8 Å². The first-order chi connectivity index (χ1) is 12.9. The number of benzene rings is 2. The van der Waals surface area contributed by atoms with Gasteiger partial charge < -0.3 is 14.8 Å². The first-order valence-electron chi connectivity index (χ1n) is 8.51. The summed E-state index contributed by atoms with van der Waals surface area (Å²) in [6.07, 6.45) is 0. The van der Waals surface area contributed by atoms with Crippen molar-refractivity contribution in [3.8, 4) is 11.5 Å². The topological polar surface area (TPSA) is 59.9 Å². The van der Waals surface area contributed by atoms with Crippen LogP contribution in [0.2, 0.25) is 0 Å². The Bertz CT molecular complexity index is 964. The number of methoxy groups -OCH3 is 2. The Hall–Kier alpha value is -2.73. The molecule has 0 aromatic heterocycles. The highest BCUT2D eigenvalue weighted by molar-refractivity contribution is 8.18. The Labute approximate surface area is 163 Å². The molecule has 1 heterocycles. The molecule has 140 valence electrons. The van der Waals surface area contributed by atoms with E-state index < -0.39 is 0 Å². The fraction of sp³-hybridized carbons (Fsp3) is 0.238. The van der Waals surface area contributed by atoms with Crippen molar-refractivity contribution in [2.24, 2.45) is 4.99 Å². The zero-order valence-electron chi connectivity index (χ0n) is 16.0. The number of carbonyl (C=O) groups excluding carboxylic acids is 1. The van der Waals surface area contributed by atoms with Crippen molar-refractivity contribution in [2.75, 3.05) is 14.2 Å². The number of amidine groups is 1. The van der Waals surface area contributed by atoms with Gasteiger partial charge >= 0.3 is 0 Å². The molecule has 1 saturated heterocycles. The Balaban J connectivity index is 1.93. The number of rotatable bonds is 4. The number of hydrogen-bond donors (Lipinski definition) is 1. The SMILES string of the molecule is COc1ccc(N=C2NC(=O)/C(=C(\C)c3ccc(C)c(C)c3)S2)c(OC)c1. The number of nitrogens with zero attached hydrogens (tertiary/aromatic N) is 1. The highest BCUT2D eigenvalue weighted by Crippen LogP contribution is 2.36. The van der Waals surface area contributed by atoms with Crippen LogP contribution in [0.5, 0.6) is 11.5 Å². The summed E-state index contributed by atoms with van der Waals surface area (Å²) in [5, 5.41) is 3.37. The second-order valence-electron chi connectivity index (χ2n) is 6.26. The van der Waals surface area contributed by atoms with Crippen LogP contribution in [-0.4, -0.2) is 25.3 Å². The molecule has 0 saturated carbocycles. The van der Waals surface area contributed by atoms with E-state index in [1.165, 1.54) is 22.9 Å². The van der Waals surface area contributed by atoms with Gasteiger partial charge in [0.25, 0.3) is 5.91 Å². The van der Waals surface area contributed by atoms with Crippen LogP contribution in [0.3, 0.4) is 0 Å². The maximum atomic E-state index is 12.5. The minimum atomic E-state index is -0.137. The summed E-state index contributed by atoms with van der Waals surface area (Å²) in [6, 6.07) is 11.6. The number of aryl methyl sites for hydroxylation is 2. The van der Waals surface area contributed by atoms with Crippen molar-refractivity contribution >= 4 is 34.1 Å². The Morgan fingerprint density at radius 2 is 1.81 bits per heavy atom. The van der Waals surface area contributed by atoms with Gasteiger partial charge in [0.2, 0.25) is 0 Å². The van der Waals surface area contributed by atoms with Crippen molar-refractivity contribution in [3.63, 3.8) is 0 Å². The van der Waals surface area contributed by atoms with Gasteiger partial charge in [-0.25, -0.2) is 4.99 Å². The van der Waals surface area contributed by atoms with Crippen molar-refractivity contribution in [1.29, 1.82) is 0 Å². The third-order valence-electron chi connectivity index (χ3n) is 4.51. The van der Waals surface area contributed by atoms with E-state index in [0.717, 1.165) is 11.1 Å². The van der Waals surface area contributed by atoms with E-state index in [1.54, 1.807) is 32.4 Å². The number of hydrogen-bond acceptors (Lipinski definition) is 5. The number of allylic oxidation sites excluding steroid dienone is 1. The molecule has 0 radical (unpaired) electrons. The first kappa shape index (κ1) is 19.0. The van der Waals surface area contributed by atoms with Crippen LogP contribution in [0.4, 0.5) is 5.69 Å². The Kier molecular flexibility index (Phi) is 5.56. The molecular weight excluding hydrogens is 360 g/mol. The number of thioether (sulfide) groups is 1. The second kappa shape index (κ2) is 7.88. The third-order valence-corrected chi connectivity index (χ3v) is 5.60. The van der Waals surface area contributed by atoms with E-state index in [1.807, 2.05) is 13.0 Å². The molecule has 0 atom stereocenters. The summed E-state index contributed by atoms with van der Waals surface area (Å²) in [4.78, 5) is 17.7. The van der Waals surface area contributed by atoms with E-state index in [2.05, 4.69) is 36.3 Å². The molecule has 3 rings (SSSR count). The molecule has 0 spiro atoms. The van der Waals surface area contributed by atoms with E-state index in [-0.39, 0.29) is 5.91 Å². The summed E-state index contributed by atoms with van der Waals surface area (Å²) in [5.41, 5.74) is 5.04. The maximum Gasteiger partial charge on any atom is 0.264 e. The minimum Gasteiger partial charge on any atom is -0.497 e. The molecule has 0 aliphatic carbocycles. The lowest BCUT2D eigenvalue weighted by atomic mass is 10.0. The van der Waals surface area contributed by atoms with Crippen LogP contribution in [-0.2, 0) is 4.79 Å². The number of carbonyl (C=O) groups is 1. The smallest absolute Gasteiger partial charge is 0.264 e. The number of nitrogens with one attached hydrogen (secondary N) is 1. The number of aliphatic imine (C=N–C) groups is 1. The Morgan fingerprint density at radius 1 is 1.04 bits per heavy atom. The first-order valence-corrected chi connectivity index (χ1v) is 9.33. The lowest BCUT2D eigenvalue weighted by Gasteiger charge is -2.07. The molecule has 5 nitrogen and oxygen atoms in total. The van der Waals surface area contributed by atoms with Crippen LogP contribution in [0.15, 0.2) is 46.3 Å². The predicted molar refractivity (Wildman–Crippen MR) is 111 cm³/mol. The standard InChI is InChI=1S/C21H22N2O3S/c1-12-6-7-15(10-13(12)2)14(3)19-20(24)23-21(27-19)22-17-9-8-16(25-4)11-18(17)26-5/h6-11H,1-5H3,(H,22,23,24)/b19-14-. The van der Waals surface area contributed by atoms with E-state index in [0.29, 0.717) is 27.3 Å². The van der Waals surface area contributed by atoms with E-state index in [4.69, 9.17) is 9.47 Å². The average Bonchev–Trinajstić information content (AvgIpc) is 3.03. The van der Waals surface area contributed by atoms with E-state index >= 15 is 0 Å². The molecule has 27 heavy (non-hydrogen) atoms. The summed E-state index contributed by atoms with van der Waals surface area (Å²) in [6.45, 7) is 6.11. The largest absolute Gasteiger partial charge is 0.497 e. The molecule has 0 bridgehead atoms. The number of amides is 1. The van der Waals surface area contributed by atoms with Crippen molar-refractivity contribution in [3.05, 3.63) is 58.0 Å². The number of ether oxygens (including phenoxy) is 2. The van der Waals surface area contributed by atoms with Gasteiger partial charge in [-0.15, -0.1) is 0 Å². The van der Waals surface area contributed by atoms with Crippen molar-refractivity contribution < 1.29 is 14.3 Å². The lowest BCUT2D eigenvalue weighted by molar-refractivity contribution is -0.115. The molecule has 0 unspecified atom stereocenters. The quantitative estimate of drug-likeness (QED) is 0.785. The normalized spacial score (nSPS) is 17.1. The van der Waals surface area contributed by atoms with Gasteiger partial charge in [-0.2, -0.15) is 0 Å². The van der Waals surface area contributed by atoms with Gasteiger partial charge in [-0.1, -0.05) is 18.2 Å². The molecular formula is C21H22N2O3S. The maximum absolute atomic E-state index is 12.5. The molecule has 6 heteroatoms. The van der Waals surface area contributed by atoms with Gasteiger partial charge in [0.15, 0.2) is 5.17 Å². The van der Waals surface area contributed by atoms with Gasteiger partial charge in [0.05, 0.1) is 19.1 Å². The minimum absolute atomic E-state index is 0.137. The molecule has 1 amide bonds. The van der Waals surface area contributed by atoms with Gasteiger partial charge in [0.1, 0.15) is 17.2 Å². The van der Waals surface area contributed by atoms with Crippen molar-refractivity contribution in [1.82, 2.24) is 5.32 Å². The highest BCUT2D eigenvalue weighted by Gasteiger charge is 2.26. The summed E-state index contributed by atoms with van der Waals surface area (Å²) >= 11 is 1.34. The fourth-order valence-corrected chi connectivity index (χ4v) is 3.61. The summed E-state index contributed by atoms with van der Waals surface area (Å²) in [5.74, 6) is 1.13. The second-order valence-corrected chi connectivity index (χ2v) is 7.26. The van der Waals surface area contributed by atoms with Crippen molar-refractivity contribution in [2.45, 2.75) is 20.8 Å². The molecule has 2 aromatic rings. The zero-order chi connectivity index (χ0) is 19.6. The summed E-state index contributed by atoms with van der Waals surface area (Å²) in [7, 11) is 3.17. The van der Waals surface area contributed by atoms with Gasteiger partial charge in [-0.05, 0) is 66.9 Å². The van der Waals surface area contributed by atoms with Gasteiger partial charge in [0, 0.05) is 6.07 Å².